The highest BCUT2D eigenvalue weighted by Crippen LogP contribution is 2.34. The lowest BCUT2D eigenvalue weighted by Crippen LogP contribution is -2.49. The van der Waals surface area contributed by atoms with Gasteiger partial charge in [-0.1, -0.05) is 48.9 Å². The van der Waals surface area contributed by atoms with Gasteiger partial charge in [0, 0.05) is 40.1 Å². The van der Waals surface area contributed by atoms with Crippen molar-refractivity contribution in [3.63, 3.8) is 0 Å². The lowest BCUT2D eigenvalue weighted by molar-refractivity contribution is -0.147. The van der Waals surface area contributed by atoms with Gasteiger partial charge in [-0.15, -0.1) is 0 Å². The van der Waals surface area contributed by atoms with Crippen LogP contribution in [0.3, 0.4) is 0 Å². The van der Waals surface area contributed by atoms with Crippen LogP contribution in [0, 0.1) is 0 Å². The molecule has 0 spiro atoms. The van der Waals surface area contributed by atoms with Gasteiger partial charge in [-0.2, -0.15) is 0 Å². The molecule has 1 amide bonds. The molecule has 3 aromatic rings. The molecule has 2 aliphatic rings. The molecule has 7 nitrogen and oxygen atoms in total. The van der Waals surface area contributed by atoms with Crippen LogP contribution < -0.4 is 5.32 Å². The summed E-state index contributed by atoms with van der Waals surface area (Å²) in [6.45, 7) is 5.92. The standard InChI is InChI=1S/C28H33ClN4O3/c1-3-32-13-11-21(12-14-32)33-17-20(16-24(33)28(35)36-2)30-27(34)26-25(18-7-5-4-6-8-18)22-15-19(29)9-10-23(22)31-26/h4-10,15,20-21,24,31H,3,11-14,16-17H2,1-2H3,(H,30,34)/t20-,24-/m0/s1. The number of esters is 1. The molecule has 0 radical (unpaired) electrons. The van der Waals surface area contributed by atoms with E-state index in [2.05, 4.69) is 27.0 Å². The highest BCUT2D eigenvalue weighted by molar-refractivity contribution is 6.31. The monoisotopic (exact) mass is 508 g/mol. The number of hydrogen-bond donors (Lipinski definition) is 2. The van der Waals surface area contributed by atoms with Gasteiger partial charge in [-0.05, 0) is 62.7 Å². The number of likely N-dealkylation sites (tertiary alicyclic amines) is 2. The molecule has 1 aromatic heterocycles. The number of nitrogens with zero attached hydrogens (tertiary/aromatic N) is 2. The molecule has 8 heteroatoms. The Bertz CT molecular complexity index is 1240. The number of ether oxygens (including phenoxy) is 1. The Balaban J connectivity index is 1.40. The lowest BCUT2D eigenvalue weighted by Gasteiger charge is -2.38. The van der Waals surface area contributed by atoms with Crippen molar-refractivity contribution in [1.29, 1.82) is 0 Å². The highest BCUT2D eigenvalue weighted by Gasteiger charge is 2.42. The maximum Gasteiger partial charge on any atom is 0.323 e. The molecule has 190 valence electrons. The number of benzene rings is 2. The van der Waals surface area contributed by atoms with Crippen molar-refractivity contribution in [2.75, 3.05) is 33.3 Å². The zero-order valence-electron chi connectivity index (χ0n) is 20.8. The first-order chi connectivity index (χ1) is 17.5. The second kappa shape index (κ2) is 10.6. The quantitative estimate of drug-likeness (QED) is 0.485. The van der Waals surface area contributed by atoms with Crippen LogP contribution in [0.2, 0.25) is 5.02 Å². The third kappa shape index (κ3) is 4.88. The number of methoxy groups -OCH3 is 1. The van der Waals surface area contributed by atoms with E-state index >= 15 is 0 Å². The van der Waals surface area contributed by atoms with Gasteiger partial charge >= 0.3 is 5.97 Å². The maximum absolute atomic E-state index is 13.6. The molecule has 0 bridgehead atoms. The summed E-state index contributed by atoms with van der Waals surface area (Å²) in [5, 5.41) is 4.74. The molecule has 2 fully saturated rings. The van der Waals surface area contributed by atoms with Gasteiger partial charge in [0.05, 0.1) is 7.11 Å². The summed E-state index contributed by atoms with van der Waals surface area (Å²) in [5.74, 6) is -0.410. The predicted octanol–water partition coefficient (Wildman–Crippen LogP) is 4.32. The smallest absolute Gasteiger partial charge is 0.323 e. The predicted molar refractivity (Wildman–Crippen MR) is 142 cm³/mol. The largest absolute Gasteiger partial charge is 0.468 e. The SMILES string of the molecule is CCN1CCC(N2C[C@@H](NC(=O)c3[nH]c4ccc(Cl)cc4c3-c3ccccc3)C[C@H]2C(=O)OC)CC1. The fraction of sp³-hybridized carbons (Fsp3) is 0.429. The van der Waals surface area contributed by atoms with Crippen LogP contribution in [0.5, 0.6) is 0 Å². The number of aromatic nitrogens is 1. The lowest BCUT2D eigenvalue weighted by atomic mass is 10.0. The van der Waals surface area contributed by atoms with Crippen LogP contribution in [0.1, 0.15) is 36.7 Å². The zero-order chi connectivity index (χ0) is 25.2. The van der Waals surface area contributed by atoms with Gasteiger partial charge in [0.1, 0.15) is 11.7 Å². The van der Waals surface area contributed by atoms with Crippen LogP contribution >= 0.6 is 11.6 Å². The molecule has 2 saturated heterocycles. The first-order valence-corrected chi connectivity index (χ1v) is 13.1. The Morgan fingerprint density at radius 3 is 2.58 bits per heavy atom. The van der Waals surface area contributed by atoms with Crippen molar-refractivity contribution in [2.45, 2.75) is 44.3 Å². The van der Waals surface area contributed by atoms with Crippen molar-refractivity contribution in [3.05, 3.63) is 59.2 Å². The first kappa shape index (κ1) is 24.8. The van der Waals surface area contributed by atoms with E-state index in [1.807, 2.05) is 48.5 Å². The fourth-order valence-electron chi connectivity index (χ4n) is 5.80. The number of fused-ring (bicyclic) bond motifs is 1. The molecule has 2 N–H and O–H groups in total. The number of H-pyrrole nitrogens is 1. The molecule has 5 rings (SSSR count). The molecule has 0 saturated carbocycles. The van der Waals surface area contributed by atoms with E-state index in [4.69, 9.17) is 16.3 Å². The Labute approximate surface area is 216 Å². The molecular weight excluding hydrogens is 476 g/mol. The van der Waals surface area contributed by atoms with Crippen molar-refractivity contribution in [2.24, 2.45) is 0 Å². The van der Waals surface area contributed by atoms with E-state index < -0.39 is 0 Å². The molecule has 2 aromatic carbocycles. The number of carbonyl (C=O) groups excluding carboxylic acids is 2. The topological polar surface area (TPSA) is 77.7 Å². The number of nitrogens with one attached hydrogen (secondary N) is 2. The maximum atomic E-state index is 13.6. The molecule has 3 heterocycles. The van der Waals surface area contributed by atoms with Crippen molar-refractivity contribution < 1.29 is 14.3 Å². The number of hydrogen-bond acceptors (Lipinski definition) is 5. The van der Waals surface area contributed by atoms with Gasteiger partial charge in [0.25, 0.3) is 5.91 Å². The van der Waals surface area contributed by atoms with Crippen LogP contribution in [0.25, 0.3) is 22.0 Å². The third-order valence-corrected chi connectivity index (χ3v) is 7.91. The summed E-state index contributed by atoms with van der Waals surface area (Å²) in [4.78, 5) is 34.3. The van der Waals surface area contributed by atoms with E-state index in [9.17, 15) is 9.59 Å². The summed E-state index contributed by atoms with van der Waals surface area (Å²) in [6, 6.07) is 15.3. The third-order valence-electron chi connectivity index (χ3n) is 7.67. The van der Waals surface area contributed by atoms with E-state index in [1.165, 1.54) is 7.11 Å². The number of rotatable bonds is 6. The van der Waals surface area contributed by atoms with E-state index in [0.29, 0.717) is 29.7 Å². The average Bonchev–Trinajstić information content (AvgIpc) is 3.50. The second-order valence-corrected chi connectivity index (χ2v) is 10.2. The Kier molecular flexibility index (Phi) is 7.32. The van der Waals surface area contributed by atoms with E-state index in [1.54, 1.807) is 0 Å². The number of amides is 1. The summed E-state index contributed by atoms with van der Waals surface area (Å²) >= 11 is 6.31. The minimum Gasteiger partial charge on any atom is -0.468 e. The molecule has 36 heavy (non-hydrogen) atoms. The zero-order valence-corrected chi connectivity index (χ0v) is 21.6. The van der Waals surface area contributed by atoms with Crippen molar-refractivity contribution in [1.82, 2.24) is 20.1 Å². The Morgan fingerprint density at radius 2 is 1.89 bits per heavy atom. The van der Waals surface area contributed by atoms with Gasteiger partial charge < -0.3 is 19.9 Å². The minimum absolute atomic E-state index is 0.149. The van der Waals surface area contributed by atoms with Crippen LogP contribution in [-0.4, -0.2) is 78.1 Å². The van der Waals surface area contributed by atoms with E-state index in [0.717, 1.165) is 54.5 Å². The number of piperidine rings is 1. The second-order valence-electron chi connectivity index (χ2n) is 9.74. The van der Waals surface area contributed by atoms with Crippen LogP contribution in [0.15, 0.2) is 48.5 Å². The molecule has 0 unspecified atom stereocenters. The molecular formula is C28H33ClN4O3. The molecule has 0 aliphatic carbocycles. The summed E-state index contributed by atoms with van der Waals surface area (Å²) < 4.78 is 5.14. The highest BCUT2D eigenvalue weighted by atomic mass is 35.5. The fourth-order valence-corrected chi connectivity index (χ4v) is 5.97. The molecule has 2 atom stereocenters. The molecule has 2 aliphatic heterocycles. The van der Waals surface area contributed by atoms with Crippen molar-refractivity contribution in [3.8, 4) is 11.1 Å². The van der Waals surface area contributed by atoms with Crippen LogP contribution in [-0.2, 0) is 9.53 Å². The first-order valence-electron chi connectivity index (χ1n) is 12.7. The van der Waals surface area contributed by atoms with Crippen molar-refractivity contribution >= 4 is 34.4 Å². The van der Waals surface area contributed by atoms with Crippen LogP contribution in [0.4, 0.5) is 0 Å². The average molecular weight is 509 g/mol. The Morgan fingerprint density at radius 1 is 1.14 bits per heavy atom. The minimum atomic E-state index is -0.339. The normalized spacial score (nSPS) is 21.6. The summed E-state index contributed by atoms with van der Waals surface area (Å²) in [5.41, 5.74) is 3.13. The summed E-state index contributed by atoms with van der Waals surface area (Å²) in [6.07, 6.45) is 2.57. The van der Waals surface area contributed by atoms with Gasteiger partial charge in [-0.25, -0.2) is 0 Å². The summed E-state index contributed by atoms with van der Waals surface area (Å²) in [7, 11) is 1.44. The van der Waals surface area contributed by atoms with E-state index in [-0.39, 0.29) is 24.0 Å². The number of halogens is 1. The van der Waals surface area contributed by atoms with Gasteiger partial charge in [-0.3, -0.25) is 14.5 Å². The number of aromatic amines is 1. The number of carbonyl (C=O) groups is 2. The van der Waals surface area contributed by atoms with Gasteiger partial charge in [0.2, 0.25) is 0 Å². The Hall–Kier alpha value is -2.87. The van der Waals surface area contributed by atoms with Gasteiger partial charge in [0.15, 0.2) is 0 Å².